The van der Waals surface area contributed by atoms with Crippen LogP contribution in [0.15, 0.2) is 6.20 Å². The molecule has 1 heterocycles. The SMILES string of the molecule is Cc1nc(N(C)C(C)CC#N)ncc1C(=O)O. The summed E-state index contributed by atoms with van der Waals surface area (Å²) in [6.07, 6.45) is 1.65. The average molecular weight is 234 g/mol. The van der Waals surface area contributed by atoms with Crippen molar-refractivity contribution < 1.29 is 9.90 Å². The minimum absolute atomic E-state index is 0.0184. The second-order valence-corrected chi connectivity index (χ2v) is 3.80. The monoisotopic (exact) mass is 234 g/mol. The van der Waals surface area contributed by atoms with Crippen LogP contribution in [0, 0.1) is 18.3 Å². The summed E-state index contributed by atoms with van der Waals surface area (Å²) in [6.45, 7) is 3.50. The van der Waals surface area contributed by atoms with E-state index in [1.807, 2.05) is 6.92 Å². The number of hydrogen-bond donors (Lipinski definition) is 1. The van der Waals surface area contributed by atoms with Gasteiger partial charge in [0.1, 0.15) is 0 Å². The third-order valence-corrected chi connectivity index (χ3v) is 2.56. The van der Waals surface area contributed by atoms with Gasteiger partial charge in [-0.25, -0.2) is 14.8 Å². The van der Waals surface area contributed by atoms with Gasteiger partial charge in [-0.2, -0.15) is 5.26 Å². The van der Waals surface area contributed by atoms with Crippen LogP contribution in [0.2, 0.25) is 0 Å². The van der Waals surface area contributed by atoms with E-state index in [9.17, 15) is 4.79 Å². The van der Waals surface area contributed by atoms with E-state index in [1.165, 1.54) is 6.20 Å². The van der Waals surface area contributed by atoms with Gasteiger partial charge in [-0.15, -0.1) is 0 Å². The molecule has 0 radical (unpaired) electrons. The molecule has 0 fully saturated rings. The van der Waals surface area contributed by atoms with Gasteiger partial charge in [0.15, 0.2) is 0 Å². The van der Waals surface area contributed by atoms with E-state index in [2.05, 4.69) is 16.0 Å². The smallest absolute Gasteiger partial charge is 0.339 e. The summed E-state index contributed by atoms with van der Waals surface area (Å²) in [7, 11) is 1.78. The summed E-state index contributed by atoms with van der Waals surface area (Å²) in [5.74, 6) is -0.614. The molecule has 1 aromatic rings. The third kappa shape index (κ3) is 2.91. The molecule has 6 heteroatoms. The van der Waals surface area contributed by atoms with E-state index in [1.54, 1.807) is 18.9 Å². The lowest BCUT2D eigenvalue weighted by Crippen LogP contribution is -2.30. The Balaban J connectivity index is 2.98. The molecule has 0 bridgehead atoms. The predicted octanol–water partition coefficient (Wildman–Crippen LogP) is 1.22. The zero-order valence-electron chi connectivity index (χ0n) is 10.0. The molecule has 0 spiro atoms. The Hall–Kier alpha value is -2.16. The highest BCUT2D eigenvalue weighted by Gasteiger charge is 2.15. The molecule has 1 unspecified atom stereocenters. The van der Waals surface area contributed by atoms with Crippen molar-refractivity contribution in [3.05, 3.63) is 17.5 Å². The minimum Gasteiger partial charge on any atom is -0.478 e. The van der Waals surface area contributed by atoms with Crippen molar-refractivity contribution >= 4 is 11.9 Å². The molecular weight excluding hydrogens is 220 g/mol. The van der Waals surface area contributed by atoms with Crippen LogP contribution in [0.4, 0.5) is 5.95 Å². The van der Waals surface area contributed by atoms with E-state index in [-0.39, 0.29) is 11.6 Å². The summed E-state index contributed by atoms with van der Waals surface area (Å²) < 4.78 is 0. The highest BCUT2D eigenvalue weighted by molar-refractivity contribution is 5.88. The molecule has 0 aromatic carbocycles. The molecule has 0 aliphatic heterocycles. The molecule has 1 aromatic heterocycles. The van der Waals surface area contributed by atoms with Crippen LogP contribution in [0.1, 0.15) is 29.4 Å². The Morgan fingerprint density at radius 3 is 2.82 bits per heavy atom. The van der Waals surface area contributed by atoms with Gasteiger partial charge >= 0.3 is 5.97 Å². The van der Waals surface area contributed by atoms with Gasteiger partial charge in [-0.3, -0.25) is 0 Å². The number of nitrogens with zero attached hydrogens (tertiary/aromatic N) is 4. The maximum Gasteiger partial charge on any atom is 0.339 e. The van der Waals surface area contributed by atoms with Crippen LogP contribution in [-0.2, 0) is 0 Å². The van der Waals surface area contributed by atoms with Crippen LogP contribution in [0.25, 0.3) is 0 Å². The first-order chi connectivity index (χ1) is 7.97. The van der Waals surface area contributed by atoms with E-state index >= 15 is 0 Å². The molecule has 0 saturated heterocycles. The lowest BCUT2D eigenvalue weighted by molar-refractivity contribution is 0.0695. The van der Waals surface area contributed by atoms with Crippen molar-refractivity contribution in [3.63, 3.8) is 0 Å². The normalized spacial score (nSPS) is 11.6. The average Bonchev–Trinajstić information content (AvgIpc) is 2.27. The van der Waals surface area contributed by atoms with Crippen molar-refractivity contribution in [1.82, 2.24) is 9.97 Å². The number of aromatic carboxylic acids is 1. The van der Waals surface area contributed by atoms with Gasteiger partial charge < -0.3 is 10.0 Å². The molecule has 1 rings (SSSR count). The van der Waals surface area contributed by atoms with Crippen molar-refractivity contribution in [1.29, 1.82) is 5.26 Å². The van der Waals surface area contributed by atoms with Gasteiger partial charge in [0.05, 0.1) is 23.7 Å². The van der Waals surface area contributed by atoms with Crippen LogP contribution >= 0.6 is 0 Å². The minimum atomic E-state index is -1.04. The molecule has 6 nitrogen and oxygen atoms in total. The first-order valence-corrected chi connectivity index (χ1v) is 5.14. The van der Waals surface area contributed by atoms with E-state index < -0.39 is 5.97 Å². The summed E-state index contributed by atoms with van der Waals surface area (Å²) in [5, 5.41) is 17.5. The summed E-state index contributed by atoms with van der Waals surface area (Å²) in [5.41, 5.74) is 0.508. The summed E-state index contributed by atoms with van der Waals surface area (Å²) >= 11 is 0. The second kappa shape index (κ2) is 5.25. The maximum absolute atomic E-state index is 10.8. The Kier molecular flexibility index (Phi) is 3.99. The van der Waals surface area contributed by atoms with Crippen molar-refractivity contribution in [2.24, 2.45) is 0 Å². The fraction of sp³-hybridized carbons (Fsp3) is 0.455. The van der Waals surface area contributed by atoms with E-state index in [0.29, 0.717) is 18.1 Å². The number of anilines is 1. The number of hydrogen-bond acceptors (Lipinski definition) is 5. The molecule has 1 atom stereocenters. The standard InChI is InChI=1S/C11H14N4O2/c1-7(4-5-12)15(3)11-13-6-9(10(16)17)8(2)14-11/h6-7H,4H2,1-3H3,(H,16,17). The van der Waals surface area contributed by atoms with Crippen molar-refractivity contribution in [2.45, 2.75) is 26.3 Å². The number of carbonyl (C=O) groups is 1. The predicted molar refractivity (Wildman–Crippen MR) is 61.8 cm³/mol. The van der Waals surface area contributed by atoms with Crippen LogP contribution < -0.4 is 4.90 Å². The Morgan fingerprint density at radius 1 is 1.71 bits per heavy atom. The third-order valence-electron chi connectivity index (χ3n) is 2.56. The number of rotatable bonds is 4. The van der Waals surface area contributed by atoms with Crippen LogP contribution in [-0.4, -0.2) is 34.1 Å². The van der Waals surface area contributed by atoms with Crippen LogP contribution in [0.3, 0.4) is 0 Å². The van der Waals surface area contributed by atoms with Gasteiger partial charge in [0.2, 0.25) is 5.95 Å². The van der Waals surface area contributed by atoms with E-state index in [4.69, 9.17) is 10.4 Å². The molecule has 90 valence electrons. The zero-order valence-corrected chi connectivity index (χ0v) is 10.0. The van der Waals surface area contributed by atoms with Gasteiger partial charge in [-0.1, -0.05) is 0 Å². The number of aromatic nitrogens is 2. The van der Waals surface area contributed by atoms with Crippen LogP contribution in [0.5, 0.6) is 0 Å². The first-order valence-electron chi connectivity index (χ1n) is 5.14. The maximum atomic E-state index is 10.8. The number of aryl methyl sites for hydroxylation is 1. The molecule has 0 aliphatic rings. The lowest BCUT2D eigenvalue weighted by Gasteiger charge is -2.23. The zero-order chi connectivity index (χ0) is 13.0. The molecule has 17 heavy (non-hydrogen) atoms. The molecule has 0 aliphatic carbocycles. The molecule has 0 amide bonds. The molecule has 1 N–H and O–H groups in total. The second-order valence-electron chi connectivity index (χ2n) is 3.80. The van der Waals surface area contributed by atoms with Gasteiger partial charge in [0.25, 0.3) is 0 Å². The van der Waals surface area contributed by atoms with Gasteiger partial charge in [-0.05, 0) is 13.8 Å². The Bertz CT molecular complexity index is 467. The fourth-order valence-corrected chi connectivity index (χ4v) is 1.30. The van der Waals surface area contributed by atoms with Crippen molar-refractivity contribution in [2.75, 3.05) is 11.9 Å². The Labute approximate surface area is 99.5 Å². The summed E-state index contributed by atoms with van der Waals surface area (Å²) in [6, 6.07) is 2.05. The van der Waals surface area contributed by atoms with Crippen molar-refractivity contribution in [3.8, 4) is 6.07 Å². The quantitative estimate of drug-likeness (QED) is 0.842. The number of carboxylic acid groups (broad SMARTS) is 1. The summed E-state index contributed by atoms with van der Waals surface area (Å²) in [4.78, 5) is 20.7. The van der Waals surface area contributed by atoms with E-state index in [0.717, 1.165) is 0 Å². The highest BCUT2D eigenvalue weighted by atomic mass is 16.4. The number of carboxylic acids is 1. The molecule has 0 saturated carbocycles. The number of nitriles is 1. The topological polar surface area (TPSA) is 90.1 Å². The highest BCUT2D eigenvalue weighted by Crippen LogP contribution is 2.13. The first kappa shape index (κ1) is 12.9. The molecular formula is C11H14N4O2. The Morgan fingerprint density at radius 2 is 2.35 bits per heavy atom. The lowest BCUT2D eigenvalue weighted by atomic mass is 10.2. The largest absolute Gasteiger partial charge is 0.478 e. The fourth-order valence-electron chi connectivity index (χ4n) is 1.30. The van der Waals surface area contributed by atoms with Gasteiger partial charge in [0, 0.05) is 19.3 Å².